The molecule has 2 aliphatic rings. The van der Waals surface area contributed by atoms with Gasteiger partial charge in [0.2, 0.25) is 0 Å². The molecule has 1 aliphatic carbocycles. The Balaban J connectivity index is 2.05. The third-order valence-electron chi connectivity index (χ3n) is 2.98. The van der Waals surface area contributed by atoms with Crippen molar-refractivity contribution in [2.75, 3.05) is 6.61 Å². The van der Waals surface area contributed by atoms with Gasteiger partial charge in [-0.15, -0.1) is 0 Å². The van der Waals surface area contributed by atoms with Crippen LogP contribution in [-0.4, -0.2) is 12.6 Å². The van der Waals surface area contributed by atoms with Gasteiger partial charge < -0.3 is 10.5 Å². The van der Waals surface area contributed by atoms with Crippen molar-refractivity contribution < 1.29 is 4.74 Å². The lowest BCUT2D eigenvalue weighted by Gasteiger charge is -2.06. The maximum Gasteiger partial charge on any atom is 0.126 e. The Bertz CT molecular complexity index is 348. The first-order chi connectivity index (χ1) is 6.36. The zero-order valence-corrected chi connectivity index (χ0v) is 7.49. The van der Waals surface area contributed by atoms with Crippen LogP contribution >= 0.6 is 0 Å². The van der Waals surface area contributed by atoms with Crippen LogP contribution in [0.4, 0.5) is 0 Å². The Kier molecular flexibility index (Phi) is 1.41. The third-order valence-corrected chi connectivity index (χ3v) is 2.98. The summed E-state index contributed by atoms with van der Waals surface area (Å²) < 4.78 is 5.62. The third kappa shape index (κ3) is 1.05. The molecule has 2 heteroatoms. The number of para-hydroxylation sites is 1. The van der Waals surface area contributed by atoms with E-state index >= 15 is 0 Å². The number of nitrogens with two attached hydrogens (primary N) is 1. The molecule has 2 unspecified atom stereocenters. The van der Waals surface area contributed by atoms with Gasteiger partial charge in [0.25, 0.3) is 0 Å². The van der Waals surface area contributed by atoms with Crippen molar-refractivity contribution in [3.8, 4) is 5.75 Å². The molecule has 0 bridgehead atoms. The summed E-state index contributed by atoms with van der Waals surface area (Å²) in [6, 6.07) is 6.80. The van der Waals surface area contributed by atoms with Crippen molar-refractivity contribution in [1.29, 1.82) is 0 Å². The van der Waals surface area contributed by atoms with Crippen LogP contribution in [-0.2, 0) is 6.42 Å². The van der Waals surface area contributed by atoms with E-state index in [4.69, 9.17) is 10.5 Å². The predicted octanol–water partition coefficient (Wildman–Crippen LogP) is 1.44. The first-order valence-corrected chi connectivity index (χ1v) is 4.86. The van der Waals surface area contributed by atoms with Gasteiger partial charge in [-0.1, -0.05) is 18.2 Å². The highest BCUT2D eigenvalue weighted by Gasteiger charge is 2.38. The van der Waals surface area contributed by atoms with E-state index in [1.807, 2.05) is 0 Å². The molecule has 2 N–H and O–H groups in total. The molecule has 3 rings (SSSR count). The van der Waals surface area contributed by atoms with E-state index in [1.165, 1.54) is 11.1 Å². The molecule has 2 nitrogen and oxygen atoms in total. The number of hydrogen-bond donors (Lipinski definition) is 1. The number of hydrogen-bond acceptors (Lipinski definition) is 2. The number of ether oxygens (including phenoxy) is 1. The average Bonchev–Trinajstić information content (AvgIpc) is 2.66. The molecular weight excluding hydrogens is 162 g/mol. The van der Waals surface area contributed by atoms with Crippen molar-refractivity contribution in [2.24, 2.45) is 5.73 Å². The topological polar surface area (TPSA) is 35.2 Å². The molecule has 0 spiro atoms. The van der Waals surface area contributed by atoms with Crippen molar-refractivity contribution in [1.82, 2.24) is 0 Å². The van der Waals surface area contributed by atoms with Gasteiger partial charge in [0, 0.05) is 18.4 Å². The number of rotatable bonds is 1. The minimum Gasteiger partial charge on any atom is -0.493 e. The second kappa shape index (κ2) is 2.48. The maximum absolute atomic E-state index is 5.84. The molecule has 0 aromatic heterocycles. The minimum atomic E-state index is 0.371. The van der Waals surface area contributed by atoms with Crippen LogP contribution in [0, 0.1) is 0 Å². The summed E-state index contributed by atoms with van der Waals surface area (Å²) in [4.78, 5) is 0. The molecule has 1 saturated carbocycles. The van der Waals surface area contributed by atoms with Gasteiger partial charge in [-0.25, -0.2) is 0 Å². The smallest absolute Gasteiger partial charge is 0.126 e. The molecule has 0 radical (unpaired) electrons. The molecule has 68 valence electrons. The van der Waals surface area contributed by atoms with Gasteiger partial charge in [-0.2, -0.15) is 0 Å². The zero-order valence-electron chi connectivity index (χ0n) is 7.49. The first-order valence-electron chi connectivity index (χ1n) is 4.86. The Hall–Kier alpha value is -1.02. The van der Waals surface area contributed by atoms with E-state index in [-0.39, 0.29) is 0 Å². The molecular formula is C11H13NO. The Morgan fingerprint density at radius 2 is 2.23 bits per heavy atom. The fourth-order valence-corrected chi connectivity index (χ4v) is 2.10. The molecule has 1 fully saturated rings. The summed E-state index contributed by atoms with van der Waals surface area (Å²) in [5, 5.41) is 0. The largest absolute Gasteiger partial charge is 0.493 e. The average molecular weight is 175 g/mol. The van der Waals surface area contributed by atoms with E-state index in [1.54, 1.807) is 0 Å². The quantitative estimate of drug-likeness (QED) is 0.701. The molecule has 2 atom stereocenters. The molecule has 0 saturated heterocycles. The van der Waals surface area contributed by atoms with Gasteiger partial charge in [0.05, 0.1) is 6.61 Å². The fourth-order valence-electron chi connectivity index (χ4n) is 2.10. The summed E-state index contributed by atoms with van der Waals surface area (Å²) in [6.07, 6.45) is 2.19. The van der Waals surface area contributed by atoms with E-state index in [9.17, 15) is 0 Å². The summed E-state index contributed by atoms with van der Waals surface area (Å²) in [5.74, 6) is 1.69. The second-order valence-corrected chi connectivity index (χ2v) is 3.94. The predicted molar refractivity (Wildman–Crippen MR) is 51.0 cm³/mol. The van der Waals surface area contributed by atoms with Crippen molar-refractivity contribution in [2.45, 2.75) is 24.8 Å². The lowest BCUT2D eigenvalue weighted by molar-refractivity contribution is 0.353. The van der Waals surface area contributed by atoms with Crippen LogP contribution in [0.3, 0.4) is 0 Å². The highest BCUT2D eigenvalue weighted by molar-refractivity contribution is 5.48. The van der Waals surface area contributed by atoms with Crippen LogP contribution in [0.2, 0.25) is 0 Å². The van der Waals surface area contributed by atoms with Crippen molar-refractivity contribution in [3.05, 3.63) is 29.3 Å². The van der Waals surface area contributed by atoms with Crippen LogP contribution < -0.4 is 10.5 Å². The Morgan fingerprint density at radius 1 is 1.38 bits per heavy atom. The zero-order chi connectivity index (χ0) is 8.84. The van der Waals surface area contributed by atoms with Gasteiger partial charge in [0.15, 0.2) is 0 Å². The summed E-state index contributed by atoms with van der Waals surface area (Å²) in [5.41, 5.74) is 8.53. The molecule has 1 aliphatic heterocycles. The molecule has 1 aromatic carbocycles. The lowest BCUT2D eigenvalue weighted by atomic mass is 10.0. The summed E-state index contributed by atoms with van der Waals surface area (Å²) in [7, 11) is 0. The summed E-state index contributed by atoms with van der Waals surface area (Å²) >= 11 is 0. The molecule has 1 heterocycles. The van der Waals surface area contributed by atoms with Gasteiger partial charge >= 0.3 is 0 Å². The first kappa shape index (κ1) is 7.39. The van der Waals surface area contributed by atoms with Crippen molar-refractivity contribution in [3.63, 3.8) is 0 Å². The van der Waals surface area contributed by atoms with Gasteiger partial charge in [0.1, 0.15) is 5.75 Å². The van der Waals surface area contributed by atoms with Gasteiger partial charge in [-0.3, -0.25) is 0 Å². The van der Waals surface area contributed by atoms with Gasteiger partial charge in [-0.05, 0) is 17.5 Å². The minimum absolute atomic E-state index is 0.371. The van der Waals surface area contributed by atoms with Crippen molar-refractivity contribution >= 4 is 0 Å². The fraction of sp³-hybridized carbons (Fsp3) is 0.455. The van der Waals surface area contributed by atoms with Crippen LogP contribution in [0.5, 0.6) is 5.75 Å². The molecule has 1 aromatic rings. The Morgan fingerprint density at radius 3 is 3.00 bits per heavy atom. The van der Waals surface area contributed by atoms with Crippen LogP contribution in [0.25, 0.3) is 0 Å². The SMILES string of the molecule is NC1CC1c1cccc2c1OCC2. The normalized spacial score (nSPS) is 29.6. The molecule has 0 amide bonds. The lowest BCUT2D eigenvalue weighted by Crippen LogP contribution is -2.01. The number of fused-ring (bicyclic) bond motifs is 1. The van der Waals surface area contributed by atoms with Crippen LogP contribution in [0.1, 0.15) is 23.5 Å². The maximum atomic E-state index is 5.84. The van der Waals surface area contributed by atoms with E-state index in [0.717, 1.165) is 25.2 Å². The van der Waals surface area contributed by atoms with Crippen LogP contribution in [0.15, 0.2) is 18.2 Å². The Labute approximate surface area is 77.7 Å². The van der Waals surface area contributed by atoms with E-state index in [0.29, 0.717) is 12.0 Å². The monoisotopic (exact) mass is 175 g/mol. The van der Waals surface area contributed by atoms with E-state index in [2.05, 4.69) is 18.2 Å². The highest BCUT2D eigenvalue weighted by atomic mass is 16.5. The number of benzene rings is 1. The standard InChI is InChI=1S/C11H13NO/c12-10-6-9(10)8-3-1-2-7-4-5-13-11(7)8/h1-3,9-10H,4-6,12H2. The highest BCUT2D eigenvalue weighted by Crippen LogP contribution is 2.45. The second-order valence-electron chi connectivity index (χ2n) is 3.94. The van der Waals surface area contributed by atoms with E-state index < -0.39 is 0 Å². The molecule has 13 heavy (non-hydrogen) atoms. The summed E-state index contributed by atoms with van der Waals surface area (Å²) in [6.45, 7) is 0.842.